The Morgan fingerprint density at radius 1 is 1.33 bits per heavy atom. The Morgan fingerprint density at radius 2 is 1.83 bits per heavy atom. The molecule has 0 N–H and O–H groups in total. The average Bonchev–Trinajstić information content (AvgIpc) is 2.04. The van der Waals surface area contributed by atoms with E-state index >= 15 is 0 Å². The SMILES string of the molecule is C[C@H](C(=O)F)c1ccc(F)cc1. The molecule has 0 aromatic heterocycles. The monoisotopic (exact) mass is 170 g/mol. The predicted octanol–water partition coefficient (Wildman–Crippen LogP) is 2.43. The second kappa shape index (κ2) is 3.43. The van der Waals surface area contributed by atoms with Crippen LogP contribution in [0.3, 0.4) is 0 Å². The first-order valence-corrected chi connectivity index (χ1v) is 3.56. The Hall–Kier alpha value is -1.25. The highest BCUT2D eigenvalue weighted by atomic mass is 19.1. The molecule has 0 aliphatic heterocycles. The Bertz CT molecular complexity index is 279. The molecule has 3 heteroatoms. The Morgan fingerprint density at radius 3 is 2.25 bits per heavy atom. The van der Waals surface area contributed by atoms with E-state index in [9.17, 15) is 13.6 Å². The van der Waals surface area contributed by atoms with E-state index in [0.717, 1.165) is 0 Å². The molecule has 0 radical (unpaired) electrons. The summed E-state index contributed by atoms with van der Waals surface area (Å²) in [5.74, 6) is -1.19. The molecule has 0 aliphatic rings. The Labute approximate surface area is 69.0 Å². The normalized spacial score (nSPS) is 12.6. The summed E-state index contributed by atoms with van der Waals surface area (Å²) >= 11 is 0. The van der Waals surface area contributed by atoms with Crippen LogP contribution in [0.2, 0.25) is 0 Å². The smallest absolute Gasteiger partial charge is 0.260 e. The fourth-order valence-corrected chi connectivity index (χ4v) is 0.882. The zero-order chi connectivity index (χ0) is 9.14. The molecule has 64 valence electrons. The van der Waals surface area contributed by atoms with Gasteiger partial charge in [-0.1, -0.05) is 12.1 Å². The number of hydrogen-bond donors (Lipinski definition) is 0. The zero-order valence-electron chi connectivity index (χ0n) is 6.55. The number of carbonyl (C=O) groups excluding carboxylic acids is 1. The van der Waals surface area contributed by atoms with Crippen LogP contribution in [0, 0.1) is 5.82 Å². The van der Waals surface area contributed by atoms with Gasteiger partial charge < -0.3 is 0 Å². The van der Waals surface area contributed by atoms with Gasteiger partial charge in [-0.25, -0.2) is 4.39 Å². The molecule has 1 rings (SSSR count). The number of benzene rings is 1. The van der Waals surface area contributed by atoms with Gasteiger partial charge in [0.1, 0.15) is 5.82 Å². The van der Waals surface area contributed by atoms with E-state index in [1.807, 2.05) is 0 Å². The van der Waals surface area contributed by atoms with Crippen LogP contribution in [0.15, 0.2) is 24.3 Å². The molecule has 1 aromatic rings. The van der Waals surface area contributed by atoms with Crippen LogP contribution >= 0.6 is 0 Å². The van der Waals surface area contributed by atoms with Gasteiger partial charge >= 0.3 is 6.04 Å². The van der Waals surface area contributed by atoms with Gasteiger partial charge in [0.2, 0.25) is 0 Å². The van der Waals surface area contributed by atoms with E-state index in [1.165, 1.54) is 31.2 Å². The molecule has 12 heavy (non-hydrogen) atoms. The number of carbonyl (C=O) groups is 1. The first-order valence-electron chi connectivity index (χ1n) is 3.56. The maximum Gasteiger partial charge on any atom is 0.308 e. The van der Waals surface area contributed by atoms with Crippen molar-refractivity contribution in [1.29, 1.82) is 0 Å². The third-order valence-electron chi connectivity index (χ3n) is 1.71. The van der Waals surface area contributed by atoms with Crippen molar-refractivity contribution in [2.45, 2.75) is 12.8 Å². The van der Waals surface area contributed by atoms with Gasteiger partial charge in [0, 0.05) is 0 Å². The van der Waals surface area contributed by atoms with E-state index < -0.39 is 17.8 Å². The quantitative estimate of drug-likeness (QED) is 0.623. The molecule has 0 aliphatic carbocycles. The van der Waals surface area contributed by atoms with Crippen molar-refractivity contribution in [2.24, 2.45) is 0 Å². The van der Waals surface area contributed by atoms with Crippen molar-refractivity contribution >= 4 is 6.04 Å². The van der Waals surface area contributed by atoms with Gasteiger partial charge in [-0.3, -0.25) is 4.79 Å². The van der Waals surface area contributed by atoms with Gasteiger partial charge in [0.25, 0.3) is 0 Å². The van der Waals surface area contributed by atoms with Crippen molar-refractivity contribution < 1.29 is 13.6 Å². The molecular formula is C9H8F2O. The van der Waals surface area contributed by atoms with Gasteiger partial charge in [-0.05, 0) is 24.6 Å². The minimum Gasteiger partial charge on any atom is -0.260 e. The molecule has 0 saturated heterocycles. The van der Waals surface area contributed by atoms with Gasteiger partial charge in [0.15, 0.2) is 0 Å². The average molecular weight is 170 g/mol. The highest BCUT2D eigenvalue weighted by Crippen LogP contribution is 2.16. The first-order chi connectivity index (χ1) is 5.61. The van der Waals surface area contributed by atoms with Crippen LogP contribution in [0.25, 0.3) is 0 Å². The highest BCUT2D eigenvalue weighted by molar-refractivity contribution is 5.76. The molecule has 1 aromatic carbocycles. The van der Waals surface area contributed by atoms with Gasteiger partial charge in [-0.2, -0.15) is 4.39 Å². The van der Waals surface area contributed by atoms with E-state index in [4.69, 9.17) is 0 Å². The molecule has 0 bridgehead atoms. The van der Waals surface area contributed by atoms with E-state index in [-0.39, 0.29) is 0 Å². The summed E-state index contributed by atoms with van der Waals surface area (Å²) in [6.45, 7) is 1.44. The lowest BCUT2D eigenvalue weighted by molar-refractivity contribution is -0.130. The number of halogens is 2. The Kier molecular flexibility index (Phi) is 2.53. The van der Waals surface area contributed by atoms with Crippen LogP contribution in [-0.2, 0) is 4.79 Å². The minimum absolute atomic E-state index is 0.391. The summed E-state index contributed by atoms with van der Waals surface area (Å²) < 4.78 is 24.5. The standard InChI is InChI=1S/C9H8F2O/c1-6(9(11)12)7-2-4-8(10)5-3-7/h2-6H,1H3/t6-/m0/s1. The summed E-state index contributed by atoms with van der Waals surface area (Å²) in [5, 5.41) is 0. The summed E-state index contributed by atoms with van der Waals surface area (Å²) in [7, 11) is 0. The van der Waals surface area contributed by atoms with Crippen LogP contribution in [0.5, 0.6) is 0 Å². The second-order valence-electron chi connectivity index (χ2n) is 2.58. The van der Waals surface area contributed by atoms with Crippen LogP contribution < -0.4 is 0 Å². The van der Waals surface area contributed by atoms with Crippen LogP contribution in [-0.4, -0.2) is 6.04 Å². The second-order valence-corrected chi connectivity index (χ2v) is 2.58. The third kappa shape index (κ3) is 1.87. The molecule has 1 nitrogen and oxygen atoms in total. The van der Waals surface area contributed by atoms with Crippen molar-refractivity contribution in [2.75, 3.05) is 0 Å². The molecule has 0 fully saturated rings. The van der Waals surface area contributed by atoms with Crippen molar-refractivity contribution in [1.82, 2.24) is 0 Å². The highest BCUT2D eigenvalue weighted by Gasteiger charge is 2.13. The molecule has 0 saturated carbocycles. The first kappa shape index (κ1) is 8.84. The fourth-order valence-electron chi connectivity index (χ4n) is 0.882. The largest absolute Gasteiger partial charge is 0.308 e. The minimum atomic E-state index is -1.40. The van der Waals surface area contributed by atoms with Gasteiger partial charge in [0.05, 0.1) is 5.92 Å². The Balaban J connectivity index is 2.89. The van der Waals surface area contributed by atoms with Gasteiger partial charge in [-0.15, -0.1) is 0 Å². The molecule has 0 spiro atoms. The lowest BCUT2D eigenvalue weighted by Crippen LogP contribution is -2.02. The summed E-state index contributed by atoms with van der Waals surface area (Å²) in [6, 6.07) is 3.81. The molecule has 0 unspecified atom stereocenters. The molecule has 1 atom stereocenters. The van der Waals surface area contributed by atoms with Crippen molar-refractivity contribution in [3.63, 3.8) is 0 Å². The topological polar surface area (TPSA) is 17.1 Å². The summed E-state index contributed by atoms with van der Waals surface area (Å²) in [4.78, 5) is 10.3. The third-order valence-corrected chi connectivity index (χ3v) is 1.71. The zero-order valence-corrected chi connectivity index (χ0v) is 6.55. The van der Waals surface area contributed by atoms with E-state index in [1.54, 1.807) is 0 Å². The lowest BCUT2D eigenvalue weighted by Gasteiger charge is -2.03. The lowest BCUT2D eigenvalue weighted by atomic mass is 10.0. The van der Waals surface area contributed by atoms with Crippen molar-refractivity contribution in [3.8, 4) is 0 Å². The molecule has 0 heterocycles. The maximum atomic E-state index is 12.4. The summed E-state index contributed by atoms with van der Waals surface area (Å²) in [6.07, 6.45) is 0. The summed E-state index contributed by atoms with van der Waals surface area (Å²) in [5.41, 5.74) is 0.490. The predicted molar refractivity (Wildman–Crippen MR) is 40.9 cm³/mol. The van der Waals surface area contributed by atoms with Crippen LogP contribution in [0.1, 0.15) is 18.4 Å². The van der Waals surface area contributed by atoms with Crippen molar-refractivity contribution in [3.05, 3.63) is 35.6 Å². The van der Waals surface area contributed by atoms with E-state index in [2.05, 4.69) is 0 Å². The fraction of sp³-hybridized carbons (Fsp3) is 0.222. The number of hydrogen-bond acceptors (Lipinski definition) is 1. The maximum absolute atomic E-state index is 12.4. The number of rotatable bonds is 2. The molecular weight excluding hydrogens is 162 g/mol. The van der Waals surface area contributed by atoms with E-state index in [0.29, 0.717) is 5.56 Å². The molecule has 0 amide bonds. The van der Waals surface area contributed by atoms with Crippen LogP contribution in [0.4, 0.5) is 8.78 Å².